The SMILES string of the molecule is COc1ccc(NC(=O)COC(=O)[C@H](C)N2C(=O)[C@@H]3[C@H]4C[C@@H]([C@H](Br)[C@@H]4Br)[C@@H]3C2=O)c(OC)c1. The third-order valence-corrected chi connectivity index (χ3v) is 9.98. The number of halogens is 2. The molecule has 0 spiro atoms. The Hall–Kier alpha value is -2.14. The van der Waals surface area contributed by atoms with Gasteiger partial charge in [0, 0.05) is 15.7 Å². The number of esters is 1. The average molecular weight is 588 g/mol. The van der Waals surface area contributed by atoms with E-state index in [1.165, 1.54) is 21.1 Å². The number of carbonyl (C=O) groups excluding carboxylic acids is 4. The molecule has 3 aliphatic rings. The van der Waals surface area contributed by atoms with Crippen molar-refractivity contribution in [2.75, 3.05) is 26.1 Å². The number of amides is 3. The largest absolute Gasteiger partial charge is 0.497 e. The Balaban J connectivity index is 1.36. The zero-order valence-corrected chi connectivity index (χ0v) is 21.4. The number of carbonyl (C=O) groups is 4. The molecule has 3 amide bonds. The van der Waals surface area contributed by atoms with Gasteiger partial charge in [0.25, 0.3) is 5.91 Å². The molecule has 7 atom stereocenters. The van der Waals surface area contributed by atoms with Crippen molar-refractivity contribution in [1.82, 2.24) is 4.90 Å². The molecule has 4 rings (SSSR count). The maximum absolute atomic E-state index is 13.0. The summed E-state index contributed by atoms with van der Waals surface area (Å²) in [7, 11) is 2.96. The molecule has 0 radical (unpaired) electrons. The number of methoxy groups -OCH3 is 2. The summed E-state index contributed by atoms with van der Waals surface area (Å²) in [5.41, 5.74) is 0.384. The summed E-state index contributed by atoms with van der Waals surface area (Å²) < 4.78 is 15.5. The lowest BCUT2D eigenvalue weighted by atomic mass is 9.81. The third-order valence-electron chi connectivity index (χ3n) is 6.78. The van der Waals surface area contributed by atoms with Crippen molar-refractivity contribution in [3.8, 4) is 11.5 Å². The first-order chi connectivity index (χ1) is 15.7. The van der Waals surface area contributed by atoms with Gasteiger partial charge in [-0.1, -0.05) is 31.9 Å². The monoisotopic (exact) mass is 586 g/mol. The fourth-order valence-corrected chi connectivity index (χ4v) is 7.08. The van der Waals surface area contributed by atoms with Crippen LogP contribution in [0.2, 0.25) is 0 Å². The van der Waals surface area contributed by atoms with Crippen molar-refractivity contribution >= 4 is 61.2 Å². The zero-order valence-electron chi connectivity index (χ0n) is 18.2. The van der Waals surface area contributed by atoms with Gasteiger partial charge in [-0.05, 0) is 37.3 Å². The van der Waals surface area contributed by atoms with E-state index in [1.807, 2.05) is 0 Å². The highest BCUT2D eigenvalue weighted by Crippen LogP contribution is 2.60. The molecular formula is C22H24Br2N2O7. The van der Waals surface area contributed by atoms with Crippen LogP contribution in [0.25, 0.3) is 0 Å². The van der Waals surface area contributed by atoms with E-state index < -0.39 is 36.4 Å². The van der Waals surface area contributed by atoms with Gasteiger partial charge in [-0.2, -0.15) is 0 Å². The Labute approximate surface area is 207 Å². The average Bonchev–Trinajstić information content (AvgIpc) is 3.42. The molecular weight excluding hydrogens is 564 g/mol. The first-order valence-electron chi connectivity index (χ1n) is 10.5. The number of ether oxygens (including phenoxy) is 3. The van der Waals surface area contributed by atoms with E-state index in [1.54, 1.807) is 18.2 Å². The minimum Gasteiger partial charge on any atom is -0.497 e. The smallest absolute Gasteiger partial charge is 0.329 e. The van der Waals surface area contributed by atoms with Crippen LogP contribution in [0, 0.1) is 23.7 Å². The highest BCUT2D eigenvalue weighted by molar-refractivity contribution is 9.12. The van der Waals surface area contributed by atoms with Gasteiger partial charge in [0.2, 0.25) is 11.8 Å². The fraction of sp³-hybridized carbons (Fsp3) is 0.545. The molecule has 1 N–H and O–H groups in total. The Morgan fingerprint density at radius 1 is 1.09 bits per heavy atom. The third kappa shape index (κ3) is 4.03. The second-order valence-electron chi connectivity index (χ2n) is 8.45. The van der Waals surface area contributed by atoms with Crippen LogP contribution in [0.1, 0.15) is 13.3 Å². The quantitative estimate of drug-likeness (QED) is 0.296. The molecule has 1 aliphatic heterocycles. The van der Waals surface area contributed by atoms with E-state index in [4.69, 9.17) is 14.2 Å². The molecule has 1 aromatic carbocycles. The van der Waals surface area contributed by atoms with E-state index in [-0.39, 0.29) is 33.3 Å². The highest BCUT2D eigenvalue weighted by Gasteiger charge is 2.67. The Bertz CT molecular complexity index is 971. The number of imide groups is 1. The number of hydrogen-bond acceptors (Lipinski definition) is 7. The maximum Gasteiger partial charge on any atom is 0.329 e. The fourth-order valence-electron chi connectivity index (χ4n) is 5.20. The summed E-state index contributed by atoms with van der Waals surface area (Å²) in [5, 5.41) is 2.60. The van der Waals surface area contributed by atoms with Gasteiger partial charge in [0.15, 0.2) is 6.61 Å². The van der Waals surface area contributed by atoms with Crippen LogP contribution in [0.15, 0.2) is 18.2 Å². The summed E-state index contributed by atoms with van der Waals surface area (Å²) in [6.45, 7) is 0.877. The molecule has 0 aromatic heterocycles. The second-order valence-corrected chi connectivity index (χ2v) is 10.6. The van der Waals surface area contributed by atoms with Crippen LogP contribution in [-0.2, 0) is 23.9 Å². The van der Waals surface area contributed by atoms with Gasteiger partial charge < -0.3 is 19.5 Å². The lowest BCUT2D eigenvalue weighted by Crippen LogP contribution is -2.45. The Morgan fingerprint density at radius 2 is 1.70 bits per heavy atom. The number of rotatable bonds is 7. The molecule has 0 unspecified atom stereocenters. The molecule has 2 aliphatic carbocycles. The molecule has 1 saturated heterocycles. The number of nitrogens with one attached hydrogen (secondary N) is 1. The molecule has 1 aromatic rings. The van der Waals surface area contributed by atoms with Crippen LogP contribution in [0.4, 0.5) is 5.69 Å². The summed E-state index contributed by atoms with van der Waals surface area (Å²) in [4.78, 5) is 52.2. The number of anilines is 1. The van der Waals surface area contributed by atoms with Crippen LogP contribution in [0.5, 0.6) is 11.5 Å². The van der Waals surface area contributed by atoms with Gasteiger partial charge in [-0.25, -0.2) is 4.79 Å². The van der Waals surface area contributed by atoms with Gasteiger partial charge in [-0.15, -0.1) is 0 Å². The molecule has 2 bridgehead atoms. The normalized spacial score (nSPS) is 30.8. The number of alkyl halides is 2. The summed E-state index contributed by atoms with van der Waals surface area (Å²) in [6.07, 6.45) is 0.806. The van der Waals surface area contributed by atoms with E-state index in [2.05, 4.69) is 37.2 Å². The van der Waals surface area contributed by atoms with Crippen molar-refractivity contribution < 1.29 is 33.4 Å². The summed E-state index contributed by atoms with van der Waals surface area (Å²) >= 11 is 7.27. The van der Waals surface area contributed by atoms with Crippen molar-refractivity contribution in [3.63, 3.8) is 0 Å². The van der Waals surface area contributed by atoms with Crippen molar-refractivity contribution in [2.24, 2.45) is 23.7 Å². The molecule has 178 valence electrons. The lowest BCUT2D eigenvalue weighted by molar-refractivity contribution is -0.159. The minimum absolute atomic E-state index is 0.0549. The van der Waals surface area contributed by atoms with E-state index in [0.717, 1.165) is 11.3 Å². The van der Waals surface area contributed by atoms with E-state index in [9.17, 15) is 19.2 Å². The van der Waals surface area contributed by atoms with Crippen LogP contribution < -0.4 is 14.8 Å². The number of likely N-dealkylation sites (tertiary alicyclic amines) is 1. The first-order valence-corrected chi connectivity index (χ1v) is 12.4. The number of benzene rings is 1. The minimum atomic E-state index is -1.11. The zero-order chi connectivity index (χ0) is 24.0. The van der Waals surface area contributed by atoms with E-state index in [0.29, 0.717) is 17.2 Å². The van der Waals surface area contributed by atoms with E-state index >= 15 is 0 Å². The Kier molecular flexibility index (Phi) is 6.73. The molecule has 2 saturated carbocycles. The molecule has 11 heteroatoms. The Morgan fingerprint density at radius 3 is 2.24 bits per heavy atom. The van der Waals surface area contributed by atoms with Crippen molar-refractivity contribution in [1.29, 1.82) is 0 Å². The van der Waals surface area contributed by atoms with Crippen LogP contribution in [-0.4, -0.2) is 65.1 Å². The maximum atomic E-state index is 13.0. The van der Waals surface area contributed by atoms with Crippen molar-refractivity contribution in [3.05, 3.63) is 18.2 Å². The van der Waals surface area contributed by atoms with Crippen molar-refractivity contribution in [2.45, 2.75) is 29.0 Å². The first kappa shape index (κ1) is 24.0. The lowest BCUT2D eigenvalue weighted by Gasteiger charge is -2.28. The number of nitrogens with zero attached hydrogens (tertiary/aromatic N) is 1. The predicted molar refractivity (Wildman–Crippen MR) is 124 cm³/mol. The van der Waals surface area contributed by atoms with Crippen LogP contribution >= 0.6 is 31.9 Å². The summed E-state index contributed by atoms with van der Waals surface area (Å²) in [6, 6.07) is 3.74. The molecule has 1 heterocycles. The van der Waals surface area contributed by atoms with Crippen LogP contribution in [0.3, 0.4) is 0 Å². The highest BCUT2D eigenvalue weighted by atomic mass is 79.9. The van der Waals surface area contributed by atoms with Gasteiger partial charge in [0.05, 0.1) is 31.7 Å². The van der Waals surface area contributed by atoms with Gasteiger partial charge in [-0.3, -0.25) is 19.3 Å². The number of hydrogen-bond donors (Lipinski definition) is 1. The predicted octanol–water partition coefficient (Wildman–Crippen LogP) is 2.35. The van der Waals surface area contributed by atoms with Gasteiger partial charge >= 0.3 is 5.97 Å². The molecule has 3 fully saturated rings. The standard InChI is InChI=1S/C22H24Br2N2O7/c1-9(26-20(28)16-11-7-12(17(16)21(26)29)19(24)18(11)23)22(30)33-8-15(27)25-13-5-4-10(31-2)6-14(13)32-3/h4-6,9,11-12,16-19H,7-8H2,1-3H3,(H,25,27)/t9-,11+,12+,16-,17+,18-,19+/m0/s1. The van der Waals surface area contributed by atoms with Gasteiger partial charge in [0.1, 0.15) is 17.5 Å². The number of fused-ring (bicyclic) bond motifs is 5. The topological polar surface area (TPSA) is 111 Å². The molecule has 33 heavy (non-hydrogen) atoms. The summed E-state index contributed by atoms with van der Waals surface area (Å²) in [5.74, 6) is -1.85. The molecule has 9 nitrogen and oxygen atoms in total. The second kappa shape index (κ2) is 9.25.